The van der Waals surface area contributed by atoms with Crippen LogP contribution in [0.15, 0.2) is 42.0 Å². The largest absolute Gasteiger partial charge is 0.339 e. The Bertz CT molecular complexity index is 839. The third-order valence-electron chi connectivity index (χ3n) is 4.31. The molecule has 124 valence electrons. The van der Waals surface area contributed by atoms with Crippen molar-refractivity contribution in [3.8, 4) is 0 Å². The lowest BCUT2D eigenvalue weighted by molar-refractivity contribution is -0.131. The predicted octanol–water partition coefficient (Wildman–Crippen LogP) is 3.31. The highest BCUT2D eigenvalue weighted by Gasteiger charge is 2.32. The highest BCUT2D eigenvalue weighted by Crippen LogP contribution is 2.28. The van der Waals surface area contributed by atoms with Crippen molar-refractivity contribution in [2.24, 2.45) is 0 Å². The normalized spacial score (nSPS) is 14.2. The van der Waals surface area contributed by atoms with Gasteiger partial charge in [-0.3, -0.25) is 9.20 Å². The Morgan fingerprint density at radius 1 is 1.42 bits per heavy atom. The van der Waals surface area contributed by atoms with Crippen LogP contribution >= 0.6 is 11.3 Å². The van der Waals surface area contributed by atoms with E-state index in [-0.39, 0.29) is 11.7 Å². The van der Waals surface area contributed by atoms with Crippen molar-refractivity contribution in [1.29, 1.82) is 0 Å². The summed E-state index contributed by atoms with van der Waals surface area (Å²) in [6, 6.07) is 6.94. The van der Waals surface area contributed by atoms with Gasteiger partial charge in [0.1, 0.15) is 5.82 Å². The minimum Gasteiger partial charge on any atom is -0.339 e. The predicted molar refractivity (Wildman–Crippen MR) is 91.6 cm³/mol. The Labute approximate surface area is 143 Å². The number of carbonyl (C=O) groups excluding carboxylic acids is 1. The number of aromatic nitrogens is 2. The van der Waals surface area contributed by atoms with Crippen LogP contribution < -0.4 is 0 Å². The molecule has 1 aliphatic rings. The van der Waals surface area contributed by atoms with E-state index in [4.69, 9.17) is 0 Å². The number of nitrogens with zero attached hydrogens (tertiary/aromatic N) is 3. The van der Waals surface area contributed by atoms with Crippen LogP contribution in [0.5, 0.6) is 0 Å². The van der Waals surface area contributed by atoms with Gasteiger partial charge < -0.3 is 4.90 Å². The van der Waals surface area contributed by atoms with Crippen LogP contribution in [-0.2, 0) is 17.6 Å². The molecule has 6 heteroatoms. The minimum atomic E-state index is -0.227. The molecular weight excluding hydrogens is 325 g/mol. The zero-order valence-corrected chi connectivity index (χ0v) is 14.0. The molecule has 1 fully saturated rings. The molecule has 0 N–H and O–H groups in total. The molecule has 0 atom stereocenters. The molecule has 24 heavy (non-hydrogen) atoms. The molecule has 1 aromatic carbocycles. The Kier molecular flexibility index (Phi) is 4.06. The van der Waals surface area contributed by atoms with Crippen molar-refractivity contribution in [2.45, 2.75) is 31.7 Å². The van der Waals surface area contributed by atoms with E-state index in [0.717, 1.165) is 29.1 Å². The zero-order valence-electron chi connectivity index (χ0n) is 13.2. The van der Waals surface area contributed by atoms with Crippen LogP contribution in [0.25, 0.3) is 4.96 Å². The molecule has 0 unspecified atom stereocenters. The molecule has 2 aromatic heterocycles. The van der Waals surface area contributed by atoms with Crippen LogP contribution in [0.4, 0.5) is 4.39 Å². The van der Waals surface area contributed by atoms with E-state index >= 15 is 0 Å². The van der Waals surface area contributed by atoms with Gasteiger partial charge in [-0.2, -0.15) is 0 Å². The van der Waals surface area contributed by atoms with Crippen molar-refractivity contribution >= 4 is 22.2 Å². The molecule has 4 rings (SSSR count). The first-order valence-corrected chi connectivity index (χ1v) is 9.02. The van der Waals surface area contributed by atoms with Gasteiger partial charge in [0.05, 0.1) is 12.1 Å². The summed E-state index contributed by atoms with van der Waals surface area (Å²) in [6.07, 6.45) is 7.00. The molecule has 0 bridgehead atoms. The summed E-state index contributed by atoms with van der Waals surface area (Å²) in [7, 11) is 0. The highest BCUT2D eigenvalue weighted by molar-refractivity contribution is 7.15. The van der Waals surface area contributed by atoms with Gasteiger partial charge in [-0.1, -0.05) is 12.1 Å². The van der Waals surface area contributed by atoms with E-state index in [1.54, 1.807) is 23.5 Å². The van der Waals surface area contributed by atoms with E-state index in [0.29, 0.717) is 25.4 Å². The topological polar surface area (TPSA) is 37.6 Å². The lowest BCUT2D eigenvalue weighted by Crippen LogP contribution is -2.36. The van der Waals surface area contributed by atoms with Crippen molar-refractivity contribution in [3.63, 3.8) is 0 Å². The summed E-state index contributed by atoms with van der Waals surface area (Å²) >= 11 is 1.56. The molecule has 0 spiro atoms. The molecule has 1 aliphatic carbocycles. The summed E-state index contributed by atoms with van der Waals surface area (Å²) in [5.74, 6) is -0.116. The molecule has 0 aliphatic heterocycles. The first-order valence-electron chi connectivity index (χ1n) is 8.14. The SMILES string of the molecule is O=C(Cc1cn2ccsc2n1)N(CCc1cccc(F)c1)C1CC1. The lowest BCUT2D eigenvalue weighted by atomic mass is 10.1. The van der Waals surface area contributed by atoms with Gasteiger partial charge in [0.15, 0.2) is 4.96 Å². The smallest absolute Gasteiger partial charge is 0.228 e. The summed E-state index contributed by atoms with van der Waals surface area (Å²) in [5, 5.41) is 1.98. The number of benzene rings is 1. The van der Waals surface area contributed by atoms with Crippen LogP contribution in [0, 0.1) is 5.82 Å². The van der Waals surface area contributed by atoms with Crippen LogP contribution in [0.2, 0.25) is 0 Å². The molecular formula is C18H18FN3OS. The number of fused-ring (bicyclic) bond motifs is 1. The average molecular weight is 343 g/mol. The summed E-state index contributed by atoms with van der Waals surface area (Å²) in [5.41, 5.74) is 1.74. The summed E-state index contributed by atoms with van der Waals surface area (Å²) in [4.78, 5) is 20.0. The molecule has 0 saturated heterocycles. The van der Waals surface area contributed by atoms with E-state index in [1.807, 2.05) is 33.1 Å². The maximum atomic E-state index is 13.3. The Morgan fingerprint density at radius 3 is 3.04 bits per heavy atom. The molecule has 3 aromatic rings. The van der Waals surface area contributed by atoms with Gasteiger partial charge >= 0.3 is 0 Å². The first-order chi connectivity index (χ1) is 11.7. The highest BCUT2D eigenvalue weighted by atomic mass is 32.1. The molecule has 1 amide bonds. The van der Waals surface area contributed by atoms with Crippen molar-refractivity contribution in [2.75, 3.05) is 6.54 Å². The van der Waals surface area contributed by atoms with Gasteiger partial charge in [-0.15, -0.1) is 11.3 Å². The van der Waals surface area contributed by atoms with Crippen LogP contribution in [0.3, 0.4) is 0 Å². The molecule has 0 radical (unpaired) electrons. The number of thiazole rings is 1. The number of halogens is 1. The fraction of sp³-hybridized carbons (Fsp3) is 0.333. The van der Waals surface area contributed by atoms with Crippen molar-refractivity contribution in [3.05, 3.63) is 59.1 Å². The van der Waals surface area contributed by atoms with E-state index < -0.39 is 0 Å². The van der Waals surface area contributed by atoms with Gasteiger partial charge in [0.2, 0.25) is 5.91 Å². The summed E-state index contributed by atoms with van der Waals surface area (Å²) < 4.78 is 15.2. The van der Waals surface area contributed by atoms with Crippen LogP contribution in [-0.4, -0.2) is 32.8 Å². The lowest BCUT2D eigenvalue weighted by Gasteiger charge is -2.22. The van der Waals surface area contributed by atoms with Crippen LogP contribution in [0.1, 0.15) is 24.1 Å². The van der Waals surface area contributed by atoms with Crippen molar-refractivity contribution in [1.82, 2.24) is 14.3 Å². The fourth-order valence-electron chi connectivity index (χ4n) is 2.96. The average Bonchev–Trinajstić information content (AvgIpc) is 3.16. The second-order valence-corrected chi connectivity index (χ2v) is 7.07. The number of carbonyl (C=O) groups is 1. The fourth-order valence-corrected chi connectivity index (χ4v) is 3.68. The molecule has 2 heterocycles. The third-order valence-corrected chi connectivity index (χ3v) is 5.08. The maximum absolute atomic E-state index is 13.3. The number of amides is 1. The van der Waals surface area contributed by atoms with Gasteiger partial charge in [-0.05, 0) is 37.0 Å². The Hall–Kier alpha value is -2.21. The second-order valence-electron chi connectivity index (χ2n) is 6.20. The van der Waals surface area contributed by atoms with E-state index in [9.17, 15) is 9.18 Å². The number of hydrogen-bond donors (Lipinski definition) is 0. The number of imidazole rings is 1. The monoisotopic (exact) mass is 343 g/mol. The van der Waals surface area contributed by atoms with Gasteiger partial charge in [0.25, 0.3) is 0 Å². The van der Waals surface area contributed by atoms with E-state index in [1.165, 1.54) is 6.07 Å². The van der Waals surface area contributed by atoms with Gasteiger partial charge in [0, 0.05) is 30.4 Å². The molecule has 1 saturated carbocycles. The second kappa shape index (κ2) is 6.36. The third kappa shape index (κ3) is 3.33. The van der Waals surface area contributed by atoms with Crippen molar-refractivity contribution < 1.29 is 9.18 Å². The number of rotatable bonds is 6. The van der Waals surface area contributed by atoms with Gasteiger partial charge in [-0.25, -0.2) is 9.37 Å². The van der Waals surface area contributed by atoms with E-state index in [2.05, 4.69) is 4.98 Å². The quantitative estimate of drug-likeness (QED) is 0.689. The minimum absolute atomic E-state index is 0.111. The zero-order chi connectivity index (χ0) is 16.5. The maximum Gasteiger partial charge on any atom is 0.228 e. The Balaban J connectivity index is 1.42. The first kappa shape index (κ1) is 15.3. The Morgan fingerprint density at radius 2 is 2.29 bits per heavy atom. The molecule has 4 nitrogen and oxygen atoms in total. The standard InChI is InChI=1S/C18H18FN3OS/c19-14-3-1-2-13(10-14)6-7-22(16-4-5-16)17(23)11-15-12-21-8-9-24-18(21)20-15/h1-3,8-10,12,16H,4-7,11H2. The summed E-state index contributed by atoms with van der Waals surface area (Å²) in [6.45, 7) is 0.634. The number of hydrogen-bond acceptors (Lipinski definition) is 3.